The minimum atomic E-state index is -3.16. The highest BCUT2D eigenvalue weighted by Crippen LogP contribution is 2.39. The molecule has 0 unspecified atom stereocenters. The van der Waals surface area contributed by atoms with Crippen molar-refractivity contribution < 1.29 is 8.42 Å². The Kier molecular flexibility index (Phi) is 4.55. The summed E-state index contributed by atoms with van der Waals surface area (Å²) in [6.07, 6.45) is 11.4. The third kappa shape index (κ3) is 3.63. The number of H-pyrrole nitrogens is 1. The third-order valence-corrected chi connectivity index (χ3v) is 7.72. The van der Waals surface area contributed by atoms with Crippen molar-refractivity contribution in [3.05, 3.63) is 30.5 Å². The monoisotopic (exact) mass is 399 g/mol. The summed E-state index contributed by atoms with van der Waals surface area (Å²) in [4.78, 5) is 16.5. The van der Waals surface area contributed by atoms with Crippen LogP contribution in [0.15, 0.2) is 24.8 Å². The summed E-state index contributed by atoms with van der Waals surface area (Å²) in [5.74, 6) is 1.44. The standard InChI is InChI=1S/C20H25N5O2S/c26-28(27,25-9-13-1-2-13)11-14-3-5-15(6-4-14)19-18-16-7-8-21-20(16)22-10-17(18)23-12-24-19/h7-8,10,12-15,25H,1-6,9,11H2,(H,23,24). The Morgan fingerprint density at radius 1 is 1.04 bits per heavy atom. The number of rotatable bonds is 6. The van der Waals surface area contributed by atoms with E-state index in [9.17, 15) is 8.42 Å². The molecule has 0 bridgehead atoms. The summed E-state index contributed by atoms with van der Waals surface area (Å²) >= 11 is 0. The van der Waals surface area contributed by atoms with E-state index >= 15 is 0 Å². The molecule has 7 nitrogen and oxygen atoms in total. The van der Waals surface area contributed by atoms with Crippen LogP contribution in [0.1, 0.15) is 50.1 Å². The van der Waals surface area contributed by atoms with Gasteiger partial charge in [-0.3, -0.25) is 0 Å². The molecule has 0 aliphatic heterocycles. The first-order valence-electron chi connectivity index (χ1n) is 10.1. The van der Waals surface area contributed by atoms with E-state index in [-0.39, 0.29) is 11.7 Å². The van der Waals surface area contributed by atoms with Crippen molar-refractivity contribution in [3.63, 3.8) is 0 Å². The molecule has 148 valence electrons. The first-order valence-corrected chi connectivity index (χ1v) is 11.8. The van der Waals surface area contributed by atoms with Gasteiger partial charge < -0.3 is 4.98 Å². The molecule has 8 heteroatoms. The fraction of sp³-hybridized carbons (Fsp3) is 0.550. The van der Waals surface area contributed by atoms with Crippen molar-refractivity contribution in [3.8, 4) is 0 Å². The summed E-state index contributed by atoms with van der Waals surface area (Å²) in [5.41, 5.74) is 2.80. The average Bonchev–Trinajstić information content (AvgIpc) is 3.41. The van der Waals surface area contributed by atoms with Crippen molar-refractivity contribution in [1.29, 1.82) is 0 Å². The summed E-state index contributed by atoms with van der Waals surface area (Å²) in [7, 11) is -3.16. The lowest BCUT2D eigenvalue weighted by molar-refractivity contribution is 0.345. The van der Waals surface area contributed by atoms with Crippen molar-refractivity contribution in [1.82, 2.24) is 24.7 Å². The average molecular weight is 400 g/mol. The van der Waals surface area contributed by atoms with Gasteiger partial charge in [-0.2, -0.15) is 0 Å². The van der Waals surface area contributed by atoms with Gasteiger partial charge >= 0.3 is 0 Å². The number of fused-ring (bicyclic) bond motifs is 3. The normalized spacial score (nSPS) is 23.4. The maximum atomic E-state index is 12.3. The smallest absolute Gasteiger partial charge is 0.211 e. The molecule has 3 heterocycles. The molecule has 0 radical (unpaired) electrons. The van der Waals surface area contributed by atoms with Crippen molar-refractivity contribution in [2.45, 2.75) is 44.4 Å². The van der Waals surface area contributed by atoms with Gasteiger partial charge in [0.15, 0.2) is 5.65 Å². The van der Waals surface area contributed by atoms with Gasteiger partial charge in [-0.05, 0) is 62.3 Å². The highest BCUT2D eigenvalue weighted by Gasteiger charge is 2.29. The van der Waals surface area contributed by atoms with E-state index in [0.29, 0.717) is 18.4 Å². The van der Waals surface area contributed by atoms with E-state index in [0.717, 1.165) is 60.5 Å². The molecule has 2 fully saturated rings. The molecule has 0 aromatic carbocycles. The predicted octanol–water partition coefficient (Wildman–Crippen LogP) is 3.11. The molecule has 5 rings (SSSR count). The minimum Gasteiger partial charge on any atom is -0.349 e. The molecule has 2 aliphatic carbocycles. The zero-order valence-corrected chi connectivity index (χ0v) is 16.6. The van der Waals surface area contributed by atoms with Crippen LogP contribution in [0.5, 0.6) is 0 Å². The van der Waals surface area contributed by atoms with Crippen LogP contribution in [0.4, 0.5) is 0 Å². The Morgan fingerprint density at radius 3 is 2.61 bits per heavy atom. The zero-order valence-electron chi connectivity index (χ0n) is 15.8. The largest absolute Gasteiger partial charge is 0.349 e. The van der Waals surface area contributed by atoms with Gasteiger partial charge in [0.05, 0.1) is 23.8 Å². The first-order chi connectivity index (χ1) is 13.6. The number of sulfonamides is 1. The number of nitrogens with zero attached hydrogens (tertiary/aromatic N) is 3. The van der Waals surface area contributed by atoms with Crippen LogP contribution in [0.25, 0.3) is 21.9 Å². The molecule has 0 saturated heterocycles. The van der Waals surface area contributed by atoms with Crippen LogP contribution in [0, 0.1) is 11.8 Å². The van der Waals surface area contributed by atoms with E-state index in [1.54, 1.807) is 18.7 Å². The number of pyridine rings is 1. The maximum absolute atomic E-state index is 12.3. The fourth-order valence-corrected chi connectivity index (χ4v) is 6.01. The highest BCUT2D eigenvalue weighted by molar-refractivity contribution is 7.89. The second kappa shape index (κ2) is 7.08. The molecule has 0 amide bonds. The van der Waals surface area contributed by atoms with E-state index in [2.05, 4.69) is 24.7 Å². The van der Waals surface area contributed by atoms with Gasteiger partial charge in [0.25, 0.3) is 0 Å². The zero-order chi connectivity index (χ0) is 19.1. The van der Waals surface area contributed by atoms with Gasteiger partial charge in [-0.15, -0.1) is 0 Å². The van der Waals surface area contributed by atoms with Crippen LogP contribution in [0.3, 0.4) is 0 Å². The Morgan fingerprint density at radius 2 is 1.82 bits per heavy atom. The van der Waals surface area contributed by atoms with Gasteiger partial charge in [0, 0.05) is 29.2 Å². The SMILES string of the molecule is O=S(=O)(CC1CCC(c2[nH]cnc3cnc4nccc4c23)CC1)NCC1CC1. The predicted molar refractivity (Wildman–Crippen MR) is 108 cm³/mol. The molecule has 2 N–H and O–H groups in total. The van der Waals surface area contributed by atoms with Crippen LogP contribution < -0.4 is 4.72 Å². The molecule has 2 saturated carbocycles. The lowest BCUT2D eigenvalue weighted by Gasteiger charge is -2.29. The molecular weight excluding hydrogens is 374 g/mol. The summed E-state index contributed by atoms with van der Waals surface area (Å²) < 4.78 is 27.5. The second-order valence-corrected chi connectivity index (χ2v) is 10.2. The number of nitrogens with one attached hydrogen (secondary N) is 2. The van der Waals surface area contributed by atoms with E-state index in [1.807, 2.05) is 6.07 Å². The van der Waals surface area contributed by atoms with Gasteiger partial charge in [-0.1, -0.05) is 0 Å². The Labute approximate surface area is 164 Å². The lowest BCUT2D eigenvalue weighted by atomic mass is 9.80. The Balaban J connectivity index is 1.31. The van der Waals surface area contributed by atoms with Crippen LogP contribution in [-0.2, 0) is 10.0 Å². The fourth-order valence-electron chi connectivity index (χ4n) is 4.45. The van der Waals surface area contributed by atoms with Crippen molar-refractivity contribution in [2.24, 2.45) is 11.8 Å². The van der Waals surface area contributed by atoms with Crippen LogP contribution in [-0.4, -0.2) is 40.7 Å². The van der Waals surface area contributed by atoms with E-state index < -0.39 is 10.0 Å². The molecular formula is C20H25N5O2S. The lowest BCUT2D eigenvalue weighted by Crippen LogP contribution is -2.32. The molecule has 3 aromatic rings. The van der Waals surface area contributed by atoms with Gasteiger partial charge in [-0.25, -0.2) is 28.1 Å². The Bertz CT molecular complexity index is 1100. The quantitative estimate of drug-likeness (QED) is 0.663. The molecule has 0 atom stereocenters. The van der Waals surface area contributed by atoms with Gasteiger partial charge in [0.1, 0.15) is 0 Å². The van der Waals surface area contributed by atoms with Crippen LogP contribution >= 0.6 is 0 Å². The third-order valence-electron chi connectivity index (χ3n) is 6.21. The summed E-state index contributed by atoms with van der Waals surface area (Å²) in [5, 5.41) is 2.14. The first kappa shape index (κ1) is 18.0. The van der Waals surface area contributed by atoms with Crippen LogP contribution in [0.2, 0.25) is 0 Å². The number of aromatic nitrogens is 4. The van der Waals surface area contributed by atoms with E-state index in [1.165, 1.54) is 5.69 Å². The van der Waals surface area contributed by atoms with Gasteiger partial charge in [0.2, 0.25) is 10.0 Å². The van der Waals surface area contributed by atoms with Crippen molar-refractivity contribution in [2.75, 3.05) is 12.3 Å². The molecule has 0 spiro atoms. The maximum Gasteiger partial charge on any atom is 0.211 e. The summed E-state index contributed by atoms with van der Waals surface area (Å²) in [6, 6.07) is 1.99. The highest BCUT2D eigenvalue weighted by atomic mass is 32.2. The second-order valence-electron chi connectivity index (χ2n) is 8.31. The number of hydrogen-bond acceptors (Lipinski definition) is 5. The molecule has 28 heavy (non-hydrogen) atoms. The number of hydrogen-bond donors (Lipinski definition) is 2. The van der Waals surface area contributed by atoms with Crippen molar-refractivity contribution >= 4 is 32.0 Å². The Hall–Kier alpha value is -2.06. The molecule has 3 aromatic heterocycles. The minimum absolute atomic E-state index is 0.239. The topological polar surface area (TPSA) is 101 Å². The molecule has 2 aliphatic rings. The summed E-state index contributed by atoms with van der Waals surface area (Å²) in [6.45, 7) is 0.618. The number of aromatic amines is 1. The van der Waals surface area contributed by atoms with E-state index in [4.69, 9.17) is 0 Å².